The molecule has 0 saturated carbocycles. The molecule has 3 rings (SSSR count). The normalized spacial score (nSPS) is 11.2. The highest BCUT2D eigenvalue weighted by Gasteiger charge is 2.26. The molecule has 3 N–H and O–H groups in total. The van der Waals surface area contributed by atoms with Gasteiger partial charge in [0.15, 0.2) is 0 Å². The first-order chi connectivity index (χ1) is 13.1. The van der Waals surface area contributed by atoms with Crippen molar-refractivity contribution in [1.29, 1.82) is 0 Å². The van der Waals surface area contributed by atoms with Gasteiger partial charge in [-0.05, 0) is 37.1 Å². The lowest BCUT2D eigenvalue weighted by Gasteiger charge is -2.31. The van der Waals surface area contributed by atoms with Crippen LogP contribution in [0.4, 0.5) is 0 Å². The van der Waals surface area contributed by atoms with Gasteiger partial charge in [0.25, 0.3) is 0 Å². The monoisotopic (exact) mass is 400 g/mol. The fraction of sp³-hybridized carbons (Fsp3) is 0.364. The van der Waals surface area contributed by atoms with Crippen molar-refractivity contribution in [3.63, 3.8) is 0 Å². The quantitative estimate of drug-likeness (QED) is 0.599. The average Bonchev–Trinajstić information content (AvgIpc) is 3.09. The van der Waals surface area contributed by atoms with Crippen molar-refractivity contribution in [1.82, 2.24) is 14.9 Å². The van der Waals surface area contributed by atoms with Gasteiger partial charge < -0.3 is 11.1 Å². The van der Waals surface area contributed by atoms with Gasteiger partial charge in [0.05, 0.1) is 16.6 Å². The van der Waals surface area contributed by atoms with Crippen LogP contribution in [-0.2, 0) is 11.2 Å². The zero-order chi connectivity index (χ0) is 19.3. The summed E-state index contributed by atoms with van der Waals surface area (Å²) in [6.45, 7) is 4.57. The third-order valence-electron chi connectivity index (χ3n) is 5.37. The molecule has 0 spiro atoms. The second-order valence-electron chi connectivity index (χ2n) is 6.93. The summed E-state index contributed by atoms with van der Waals surface area (Å²) in [6, 6.07) is 18.2. The Bertz CT molecular complexity index is 895. The molecule has 0 bridgehead atoms. The number of hydrogen-bond acceptors (Lipinski definition) is 3. The molecule has 0 saturated heterocycles. The van der Waals surface area contributed by atoms with E-state index in [9.17, 15) is 4.79 Å². The van der Waals surface area contributed by atoms with Gasteiger partial charge in [0, 0.05) is 25.1 Å². The molecule has 1 heterocycles. The maximum atomic E-state index is 12.6. The van der Waals surface area contributed by atoms with Crippen LogP contribution < -0.4 is 11.1 Å². The van der Waals surface area contributed by atoms with E-state index in [1.807, 2.05) is 36.4 Å². The number of para-hydroxylation sites is 3. The Hall–Kier alpha value is -2.37. The number of nitrogens with one attached hydrogen (secondary N) is 1. The molecule has 0 aliphatic heterocycles. The summed E-state index contributed by atoms with van der Waals surface area (Å²) in [6.07, 6.45) is 2.62. The minimum Gasteiger partial charge on any atom is -0.349 e. The zero-order valence-corrected chi connectivity index (χ0v) is 17.3. The molecular formula is C22H29ClN4O. The summed E-state index contributed by atoms with van der Waals surface area (Å²) in [5, 5.41) is 3.14. The van der Waals surface area contributed by atoms with Crippen molar-refractivity contribution in [2.75, 3.05) is 6.54 Å². The molecule has 0 unspecified atom stereocenters. The number of nitrogens with two attached hydrogens (primary N) is 1. The topological polar surface area (TPSA) is 72.9 Å². The second kappa shape index (κ2) is 9.71. The van der Waals surface area contributed by atoms with Crippen LogP contribution >= 0.6 is 12.4 Å². The molecule has 0 atom stereocenters. The van der Waals surface area contributed by atoms with E-state index < -0.39 is 0 Å². The average molecular weight is 401 g/mol. The Morgan fingerprint density at radius 1 is 1.07 bits per heavy atom. The first-order valence-electron chi connectivity index (χ1n) is 9.65. The molecule has 5 nitrogen and oxygen atoms in total. The first-order valence-corrected chi connectivity index (χ1v) is 9.65. The summed E-state index contributed by atoms with van der Waals surface area (Å²) < 4.78 is 2.14. The second-order valence-corrected chi connectivity index (χ2v) is 6.93. The number of carbonyl (C=O) groups excluding carboxylic acids is 1. The molecule has 3 aromatic rings. The Morgan fingerprint density at radius 3 is 2.36 bits per heavy atom. The van der Waals surface area contributed by atoms with Gasteiger partial charge in [-0.2, -0.15) is 0 Å². The Kier molecular flexibility index (Phi) is 7.61. The highest BCUT2D eigenvalue weighted by molar-refractivity contribution is 5.85. The van der Waals surface area contributed by atoms with Crippen molar-refractivity contribution in [3.05, 3.63) is 60.4 Å². The van der Waals surface area contributed by atoms with Gasteiger partial charge in [0.1, 0.15) is 5.82 Å². The van der Waals surface area contributed by atoms with Crippen molar-refractivity contribution >= 4 is 29.3 Å². The molecule has 6 heteroatoms. The number of halogens is 1. The van der Waals surface area contributed by atoms with Crippen LogP contribution in [0.15, 0.2) is 54.6 Å². The van der Waals surface area contributed by atoms with Gasteiger partial charge in [-0.3, -0.25) is 9.36 Å². The van der Waals surface area contributed by atoms with Gasteiger partial charge in [-0.15, -0.1) is 12.4 Å². The Morgan fingerprint density at radius 2 is 1.71 bits per heavy atom. The number of nitrogens with zero attached hydrogens (tertiary/aromatic N) is 2. The highest BCUT2D eigenvalue weighted by Crippen LogP contribution is 2.22. The Balaban J connectivity index is 0.00000280. The summed E-state index contributed by atoms with van der Waals surface area (Å²) in [5.41, 5.74) is 8.64. The Labute approximate surface area is 172 Å². The van der Waals surface area contributed by atoms with Crippen molar-refractivity contribution in [2.45, 2.75) is 45.1 Å². The van der Waals surface area contributed by atoms with Crippen LogP contribution in [0.1, 0.15) is 38.9 Å². The fourth-order valence-electron chi connectivity index (χ4n) is 3.46. The number of imidazole rings is 1. The molecule has 1 aromatic heterocycles. The number of rotatable bonds is 8. The molecule has 28 heavy (non-hydrogen) atoms. The van der Waals surface area contributed by atoms with Gasteiger partial charge in [0.2, 0.25) is 5.91 Å². The number of fused-ring (bicyclic) bond motifs is 1. The van der Waals surface area contributed by atoms with E-state index >= 15 is 0 Å². The number of hydrogen-bond donors (Lipinski definition) is 2. The van der Waals surface area contributed by atoms with E-state index in [0.29, 0.717) is 19.4 Å². The molecule has 0 radical (unpaired) electrons. The molecule has 2 aromatic carbocycles. The third-order valence-corrected chi connectivity index (χ3v) is 5.37. The lowest BCUT2D eigenvalue weighted by atomic mass is 9.92. The predicted molar refractivity (Wildman–Crippen MR) is 117 cm³/mol. The first kappa shape index (κ1) is 21.9. The number of aryl methyl sites for hydroxylation is 1. The summed E-state index contributed by atoms with van der Waals surface area (Å²) in [7, 11) is 0. The van der Waals surface area contributed by atoms with Crippen LogP contribution in [0.5, 0.6) is 0 Å². The van der Waals surface area contributed by atoms with Gasteiger partial charge >= 0.3 is 0 Å². The molecule has 0 aliphatic rings. The standard InChI is InChI=1S/C22H28N4O.ClH/c1-3-22(4-2,16-23)25-21(27)15-14-20-24-18-12-8-9-13-19(18)26(20)17-10-6-5-7-11-17;/h5-13H,3-4,14-16,23H2,1-2H3,(H,25,27);1H. The lowest BCUT2D eigenvalue weighted by molar-refractivity contribution is -0.123. The lowest BCUT2D eigenvalue weighted by Crippen LogP contribution is -2.52. The number of carbonyl (C=O) groups is 1. The van der Waals surface area contributed by atoms with Crippen LogP contribution in [0.25, 0.3) is 16.7 Å². The van der Waals surface area contributed by atoms with Crippen LogP contribution in [-0.4, -0.2) is 27.5 Å². The molecule has 150 valence electrons. The largest absolute Gasteiger partial charge is 0.349 e. The van der Waals surface area contributed by atoms with E-state index in [-0.39, 0.29) is 23.9 Å². The van der Waals surface area contributed by atoms with Gasteiger partial charge in [-0.1, -0.05) is 44.2 Å². The number of amides is 1. The SMILES string of the molecule is CCC(CC)(CN)NC(=O)CCc1nc2ccccc2n1-c1ccccc1.Cl. The third kappa shape index (κ3) is 4.54. The van der Waals surface area contributed by atoms with Crippen molar-refractivity contribution in [3.8, 4) is 5.69 Å². The molecule has 0 fully saturated rings. The highest BCUT2D eigenvalue weighted by atomic mass is 35.5. The van der Waals surface area contributed by atoms with Crippen LogP contribution in [0.3, 0.4) is 0 Å². The van der Waals surface area contributed by atoms with Crippen LogP contribution in [0, 0.1) is 0 Å². The van der Waals surface area contributed by atoms with E-state index in [2.05, 4.69) is 41.9 Å². The maximum absolute atomic E-state index is 12.6. The maximum Gasteiger partial charge on any atom is 0.220 e. The number of aromatic nitrogens is 2. The fourth-order valence-corrected chi connectivity index (χ4v) is 3.46. The van der Waals surface area contributed by atoms with E-state index in [1.165, 1.54) is 0 Å². The minimum atomic E-state index is -0.309. The summed E-state index contributed by atoms with van der Waals surface area (Å²) in [4.78, 5) is 17.3. The van der Waals surface area contributed by atoms with E-state index in [1.54, 1.807) is 0 Å². The van der Waals surface area contributed by atoms with Gasteiger partial charge in [-0.25, -0.2) is 4.98 Å². The smallest absolute Gasteiger partial charge is 0.220 e. The van der Waals surface area contributed by atoms with Crippen LogP contribution in [0.2, 0.25) is 0 Å². The number of benzene rings is 2. The minimum absolute atomic E-state index is 0. The molecule has 0 aliphatic carbocycles. The predicted octanol–water partition coefficient (Wildman–Crippen LogP) is 4.01. The van der Waals surface area contributed by atoms with E-state index in [0.717, 1.165) is 35.4 Å². The van der Waals surface area contributed by atoms with Crippen molar-refractivity contribution < 1.29 is 4.79 Å². The molecular weight excluding hydrogens is 372 g/mol. The zero-order valence-electron chi connectivity index (χ0n) is 16.5. The van der Waals surface area contributed by atoms with Crippen molar-refractivity contribution in [2.24, 2.45) is 5.73 Å². The summed E-state index contributed by atoms with van der Waals surface area (Å²) in [5.74, 6) is 0.916. The molecule has 1 amide bonds. The van der Waals surface area contributed by atoms with E-state index in [4.69, 9.17) is 10.7 Å². The summed E-state index contributed by atoms with van der Waals surface area (Å²) >= 11 is 0.